The minimum atomic E-state index is -0.0129. The van der Waals surface area contributed by atoms with Crippen molar-refractivity contribution in [3.8, 4) is 0 Å². The number of fused-ring (bicyclic) bond motifs is 1. The summed E-state index contributed by atoms with van der Waals surface area (Å²) < 4.78 is 0. The fourth-order valence-corrected chi connectivity index (χ4v) is 3.68. The smallest absolute Gasteiger partial charge is 0.234 e. The van der Waals surface area contributed by atoms with Crippen molar-refractivity contribution < 1.29 is 4.79 Å². The number of nitrogens with zero attached hydrogens (tertiary/aromatic N) is 1. The SMILES string of the molecule is Cc1cc(C)c2cc(C)c(SCC(=O)Nc3ccccc3C)nc2c1. The van der Waals surface area contributed by atoms with Gasteiger partial charge in [-0.25, -0.2) is 4.98 Å². The van der Waals surface area contributed by atoms with Gasteiger partial charge in [0.15, 0.2) is 0 Å². The van der Waals surface area contributed by atoms with E-state index in [1.165, 1.54) is 28.3 Å². The molecule has 0 fully saturated rings. The van der Waals surface area contributed by atoms with Crippen LogP contribution >= 0.6 is 11.8 Å². The van der Waals surface area contributed by atoms with E-state index < -0.39 is 0 Å². The summed E-state index contributed by atoms with van der Waals surface area (Å²) in [5.74, 6) is 0.333. The van der Waals surface area contributed by atoms with E-state index in [0.717, 1.165) is 27.4 Å². The summed E-state index contributed by atoms with van der Waals surface area (Å²) in [6.07, 6.45) is 0. The van der Waals surface area contributed by atoms with Gasteiger partial charge in [0.05, 0.1) is 11.3 Å². The first-order valence-electron chi connectivity index (χ1n) is 8.31. The van der Waals surface area contributed by atoms with Crippen molar-refractivity contribution in [1.29, 1.82) is 0 Å². The average molecular weight is 350 g/mol. The van der Waals surface area contributed by atoms with Crippen molar-refractivity contribution in [3.05, 3.63) is 64.7 Å². The maximum absolute atomic E-state index is 12.3. The molecule has 4 heteroatoms. The topological polar surface area (TPSA) is 42.0 Å². The van der Waals surface area contributed by atoms with E-state index in [2.05, 4.69) is 37.4 Å². The molecule has 0 atom stereocenters. The fourth-order valence-electron chi connectivity index (χ4n) is 2.89. The van der Waals surface area contributed by atoms with Gasteiger partial charge in [-0.2, -0.15) is 0 Å². The van der Waals surface area contributed by atoms with Gasteiger partial charge in [0.2, 0.25) is 5.91 Å². The largest absolute Gasteiger partial charge is 0.325 e. The van der Waals surface area contributed by atoms with Crippen LogP contribution in [0.25, 0.3) is 10.9 Å². The number of aryl methyl sites for hydroxylation is 4. The van der Waals surface area contributed by atoms with Crippen molar-refractivity contribution in [3.63, 3.8) is 0 Å². The number of hydrogen-bond donors (Lipinski definition) is 1. The number of nitrogens with one attached hydrogen (secondary N) is 1. The molecule has 1 N–H and O–H groups in total. The molecule has 2 aromatic carbocycles. The summed E-state index contributed by atoms with van der Waals surface area (Å²) in [6.45, 7) is 8.23. The van der Waals surface area contributed by atoms with Crippen LogP contribution < -0.4 is 5.32 Å². The van der Waals surface area contributed by atoms with Gasteiger partial charge in [-0.3, -0.25) is 4.79 Å². The van der Waals surface area contributed by atoms with Gasteiger partial charge in [-0.05, 0) is 68.1 Å². The summed E-state index contributed by atoms with van der Waals surface area (Å²) >= 11 is 1.48. The lowest BCUT2D eigenvalue weighted by Gasteiger charge is -2.11. The number of aromatic nitrogens is 1. The number of para-hydroxylation sites is 1. The number of benzene rings is 2. The Hall–Kier alpha value is -2.33. The first-order chi connectivity index (χ1) is 11.9. The molecule has 128 valence electrons. The molecular formula is C21H22N2OS. The average Bonchev–Trinajstić information content (AvgIpc) is 2.56. The molecule has 0 aliphatic heterocycles. The zero-order chi connectivity index (χ0) is 18.0. The molecule has 1 aromatic heterocycles. The Bertz CT molecular complexity index is 950. The Kier molecular flexibility index (Phi) is 5.09. The maximum atomic E-state index is 12.3. The molecule has 0 aliphatic carbocycles. The lowest BCUT2D eigenvalue weighted by atomic mass is 10.1. The fraction of sp³-hybridized carbons (Fsp3) is 0.238. The molecule has 0 spiro atoms. The third-order valence-electron chi connectivity index (χ3n) is 4.19. The number of amides is 1. The molecule has 3 aromatic rings. The van der Waals surface area contributed by atoms with Gasteiger partial charge in [-0.15, -0.1) is 0 Å². The second kappa shape index (κ2) is 7.28. The molecule has 0 bridgehead atoms. The van der Waals surface area contributed by atoms with Gasteiger partial charge in [-0.1, -0.05) is 36.0 Å². The quantitative estimate of drug-likeness (QED) is 0.658. The van der Waals surface area contributed by atoms with Crippen LogP contribution in [-0.2, 0) is 4.79 Å². The van der Waals surface area contributed by atoms with Crippen molar-refractivity contribution >= 4 is 34.3 Å². The molecule has 0 saturated carbocycles. The van der Waals surface area contributed by atoms with Gasteiger partial charge in [0.25, 0.3) is 0 Å². The molecule has 25 heavy (non-hydrogen) atoms. The zero-order valence-corrected chi connectivity index (χ0v) is 15.8. The number of anilines is 1. The normalized spacial score (nSPS) is 10.9. The van der Waals surface area contributed by atoms with Crippen LogP contribution in [0, 0.1) is 27.7 Å². The Morgan fingerprint density at radius 2 is 1.76 bits per heavy atom. The van der Waals surface area contributed by atoms with Crippen LogP contribution in [0.3, 0.4) is 0 Å². The third kappa shape index (κ3) is 4.02. The van der Waals surface area contributed by atoms with Crippen LogP contribution in [0.15, 0.2) is 47.5 Å². The third-order valence-corrected chi connectivity index (χ3v) is 5.28. The lowest BCUT2D eigenvalue weighted by molar-refractivity contribution is -0.113. The summed E-state index contributed by atoms with van der Waals surface area (Å²) in [4.78, 5) is 17.0. The molecule has 3 rings (SSSR count). The maximum Gasteiger partial charge on any atom is 0.234 e. The van der Waals surface area contributed by atoms with E-state index in [1.807, 2.05) is 38.1 Å². The van der Waals surface area contributed by atoms with Crippen LogP contribution in [0.2, 0.25) is 0 Å². The molecular weight excluding hydrogens is 328 g/mol. The van der Waals surface area contributed by atoms with Crippen molar-refractivity contribution in [2.45, 2.75) is 32.7 Å². The van der Waals surface area contributed by atoms with E-state index in [-0.39, 0.29) is 5.91 Å². The molecule has 0 saturated heterocycles. The second-order valence-corrected chi connectivity index (χ2v) is 7.37. The molecule has 0 aliphatic rings. The van der Waals surface area contributed by atoms with E-state index in [1.54, 1.807) is 0 Å². The molecule has 0 radical (unpaired) electrons. The van der Waals surface area contributed by atoms with E-state index >= 15 is 0 Å². The predicted molar refractivity (Wildman–Crippen MR) is 106 cm³/mol. The number of hydrogen-bond acceptors (Lipinski definition) is 3. The Morgan fingerprint density at radius 1 is 1.00 bits per heavy atom. The lowest BCUT2D eigenvalue weighted by Crippen LogP contribution is -2.15. The number of thioether (sulfide) groups is 1. The zero-order valence-electron chi connectivity index (χ0n) is 15.0. The highest BCUT2D eigenvalue weighted by molar-refractivity contribution is 8.00. The highest BCUT2D eigenvalue weighted by Crippen LogP contribution is 2.27. The second-order valence-electron chi connectivity index (χ2n) is 6.41. The van der Waals surface area contributed by atoms with Gasteiger partial charge in [0.1, 0.15) is 5.03 Å². The minimum Gasteiger partial charge on any atom is -0.325 e. The number of rotatable bonds is 4. The molecule has 0 unspecified atom stereocenters. The van der Waals surface area contributed by atoms with Gasteiger partial charge < -0.3 is 5.32 Å². The first kappa shape index (κ1) is 17.5. The van der Waals surface area contributed by atoms with Crippen LogP contribution in [0.4, 0.5) is 5.69 Å². The van der Waals surface area contributed by atoms with Crippen LogP contribution in [0.1, 0.15) is 22.3 Å². The Labute approximate surface area is 152 Å². The molecule has 3 nitrogen and oxygen atoms in total. The van der Waals surface area contributed by atoms with E-state index in [0.29, 0.717) is 5.75 Å². The number of carbonyl (C=O) groups excluding carboxylic acids is 1. The summed E-state index contributed by atoms with van der Waals surface area (Å²) in [5, 5.41) is 5.06. The highest BCUT2D eigenvalue weighted by Gasteiger charge is 2.10. The summed E-state index contributed by atoms with van der Waals surface area (Å²) in [5.41, 5.74) is 6.46. The van der Waals surface area contributed by atoms with Crippen molar-refractivity contribution in [2.75, 3.05) is 11.1 Å². The van der Waals surface area contributed by atoms with E-state index in [9.17, 15) is 4.79 Å². The summed E-state index contributed by atoms with van der Waals surface area (Å²) in [7, 11) is 0. The minimum absolute atomic E-state index is 0.0129. The Morgan fingerprint density at radius 3 is 2.52 bits per heavy atom. The van der Waals surface area contributed by atoms with Crippen LogP contribution in [-0.4, -0.2) is 16.6 Å². The standard InChI is InChI=1S/C21H22N2OS/c1-13-9-15(3)17-11-16(4)21(23-19(17)10-13)25-12-20(24)22-18-8-6-5-7-14(18)2/h5-11H,12H2,1-4H3,(H,22,24). The highest BCUT2D eigenvalue weighted by atomic mass is 32.2. The monoisotopic (exact) mass is 350 g/mol. The van der Waals surface area contributed by atoms with Gasteiger partial charge in [0, 0.05) is 11.1 Å². The summed E-state index contributed by atoms with van der Waals surface area (Å²) in [6, 6.07) is 14.2. The van der Waals surface area contributed by atoms with E-state index in [4.69, 9.17) is 4.98 Å². The van der Waals surface area contributed by atoms with Crippen molar-refractivity contribution in [2.24, 2.45) is 0 Å². The molecule has 1 amide bonds. The first-order valence-corrected chi connectivity index (χ1v) is 9.29. The Balaban J connectivity index is 1.75. The number of pyridine rings is 1. The van der Waals surface area contributed by atoms with Crippen molar-refractivity contribution in [1.82, 2.24) is 4.98 Å². The predicted octanol–water partition coefficient (Wildman–Crippen LogP) is 5.20. The van der Waals surface area contributed by atoms with Gasteiger partial charge >= 0.3 is 0 Å². The number of carbonyl (C=O) groups is 1. The van der Waals surface area contributed by atoms with Crippen LogP contribution in [0.5, 0.6) is 0 Å². The molecule has 1 heterocycles.